The SMILES string of the molecule is CC(C)N(CCc1c[nH]c2cccc(OC3OC(CO)C(O)C(O)C3O)c12)C(C)C. The molecule has 30 heavy (non-hydrogen) atoms. The number of hydrogen-bond donors (Lipinski definition) is 5. The van der Waals surface area contributed by atoms with E-state index in [1.165, 1.54) is 0 Å². The van der Waals surface area contributed by atoms with E-state index in [0.717, 1.165) is 29.4 Å². The Morgan fingerprint density at radius 2 is 1.77 bits per heavy atom. The molecule has 5 N–H and O–H groups in total. The molecule has 3 rings (SSSR count). The van der Waals surface area contributed by atoms with Crippen molar-refractivity contribution < 1.29 is 29.9 Å². The highest BCUT2D eigenvalue weighted by molar-refractivity contribution is 5.89. The Kier molecular flexibility index (Phi) is 7.38. The molecular weight excluding hydrogens is 388 g/mol. The predicted molar refractivity (Wildman–Crippen MR) is 113 cm³/mol. The highest BCUT2D eigenvalue weighted by atomic mass is 16.7. The molecular formula is C22H34N2O6. The predicted octanol–water partition coefficient (Wildman–Crippen LogP) is 1.01. The number of fused-ring (bicyclic) bond motifs is 1. The third-order valence-electron chi connectivity index (χ3n) is 5.81. The minimum atomic E-state index is -1.48. The number of nitrogens with zero attached hydrogens (tertiary/aromatic N) is 1. The van der Waals surface area contributed by atoms with Gasteiger partial charge in [0.05, 0.1) is 6.61 Å². The molecule has 1 saturated heterocycles. The molecule has 5 atom stereocenters. The number of aromatic nitrogens is 1. The van der Waals surface area contributed by atoms with Gasteiger partial charge in [-0.05, 0) is 51.8 Å². The van der Waals surface area contributed by atoms with Gasteiger partial charge in [-0.2, -0.15) is 0 Å². The number of hydrogen-bond acceptors (Lipinski definition) is 7. The minimum Gasteiger partial charge on any atom is -0.461 e. The number of rotatable bonds is 8. The van der Waals surface area contributed by atoms with Gasteiger partial charge in [0, 0.05) is 35.7 Å². The van der Waals surface area contributed by atoms with Gasteiger partial charge in [0.1, 0.15) is 30.2 Å². The van der Waals surface area contributed by atoms with Gasteiger partial charge in [-0.25, -0.2) is 0 Å². The first-order valence-electron chi connectivity index (χ1n) is 10.6. The summed E-state index contributed by atoms with van der Waals surface area (Å²) in [6.07, 6.45) is -3.79. The Hall–Kier alpha value is -1.68. The maximum absolute atomic E-state index is 10.3. The summed E-state index contributed by atoms with van der Waals surface area (Å²) >= 11 is 0. The number of H-pyrrole nitrogens is 1. The fraction of sp³-hybridized carbons (Fsp3) is 0.636. The molecule has 0 aliphatic carbocycles. The van der Waals surface area contributed by atoms with Crippen molar-refractivity contribution in [2.75, 3.05) is 13.2 Å². The largest absolute Gasteiger partial charge is 0.461 e. The Bertz CT molecular complexity index is 813. The van der Waals surface area contributed by atoms with Crippen LogP contribution in [0.15, 0.2) is 24.4 Å². The summed E-state index contributed by atoms with van der Waals surface area (Å²) in [5.41, 5.74) is 1.98. The van der Waals surface area contributed by atoms with Gasteiger partial charge >= 0.3 is 0 Å². The third-order valence-corrected chi connectivity index (χ3v) is 5.81. The van der Waals surface area contributed by atoms with Crippen molar-refractivity contribution in [2.24, 2.45) is 0 Å². The van der Waals surface area contributed by atoms with Crippen LogP contribution < -0.4 is 4.74 Å². The third kappa shape index (κ3) is 4.64. The molecule has 1 aromatic carbocycles. The summed E-state index contributed by atoms with van der Waals surface area (Å²) < 4.78 is 11.5. The van der Waals surface area contributed by atoms with Gasteiger partial charge in [-0.1, -0.05) is 6.07 Å². The molecule has 0 amide bonds. The monoisotopic (exact) mass is 422 g/mol. The van der Waals surface area contributed by atoms with Crippen molar-refractivity contribution in [1.29, 1.82) is 0 Å². The van der Waals surface area contributed by atoms with E-state index in [1.54, 1.807) is 6.07 Å². The molecule has 0 bridgehead atoms. The lowest BCUT2D eigenvalue weighted by molar-refractivity contribution is -0.277. The Morgan fingerprint density at radius 3 is 2.40 bits per heavy atom. The molecule has 168 valence electrons. The molecule has 8 heteroatoms. The van der Waals surface area contributed by atoms with E-state index < -0.39 is 37.3 Å². The molecule has 0 spiro atoms. The van der Waals surface area contributed by atoms with Crippen molar-refractivity contribution in [2.45, 2.75) is 76.9 Å². The molecule has 2 aromatic rings. The van der Waals surface area contributed by atoms with Crippen LogP contribution in [0.2, 0.25) is 0 Å². The first-order chi connectivity index (χ1) is 14.2. The van der Waals surface area contributed by atoms with Crippen molar-refractivity contribution in [3.63, 3.8) is 0 Å². The number of ether oxygens (including phenoxy) is 2. The highest BCUT2D eigenvalue weighted by Gasteiger charge is 2.44. The van der Waals surface area contributed by atoms with Crippen LogP contribution >= 0.6 is 0 Å². The van der Waals surface area contributed by atoms with Crippen molar-refractivity contribution in [3.8, 4) is 5.75 Å². The van der Waals surface area contributed by atoms with Crippen LogP contribution in [0.4, 0.5) is 0 Å². The molecule has 8 nitrogen and oxygen atoms in total. The number of nitrogens with one attached hydrogen (secondary N) is 1. The second-order valence-corrected chi connectivity index (χ2v) is 8.48. The van der Waals surface area contributed by atoms with E-state index in [2.05, 4.69) is 37.6 Å². The van der Waals surface area contributed by atoms with Gasteiger partial charge in [-0.15, -0.1) is 0 Å². The first-order valence-corrected chi connectivity index (χ1v) is 10.6. The number of aliphatic hydroxyl groups is 4. The van der Waals surface area contributed by atoms with E-state index in [4.69, 9.17) is 9.47 Å². The zero-order chi connectivity index (χ0) is 22.0. The summed E-state index contributed by atoms with van der Waals surface area (Å²) in [6, 6.07) is 6.42. The fourth-order valence-electron chi connectivity index (χ4n) is 4.17. The summed E-state index contributed by atoms with van der Waals surface area (Å²) in [7, 11) is 0. The smallest absolute Gasteiger partial charge is 0.229 e. The van der Waals surface area contributed by atoms with Gasteiger partial charge in [0.25, 0.3) is 0 Å². The van der Waals surface area contributed by atoms with E-state index in [1.807, 2.05) is 18.3 Å². The Morgan fingerprint density at radius 1 is 1.07 bits per heavy atom. The lowest BCUT2D eigenvalue weighted by Crippen LogP contribution is -2.60. The molecule has 1 aliphatic heterocycles. The first kappa shape index (κ1) is 23.0. The maximum atomic E-state index is 10.3. The lowest BCUT2D eigenvalue weighted by atomic mass is 9.99. The standard InChI is InChI=1S/C22H34N2O6/c1-12(2)24(13(3)4)9-8-14-10-23-15-6-5-7-16(18(14)15)29-22-21(28)20(27)19(26)17(11-25)30-22/h5-7,10,12-13,17,19-23,25-28H,8-9,11H2,1-4H3. The van der Waals surface area contributed by atoms with Crippen LogP contribution in [0.3, 0.4) is 0 Å². The number of aliphatic hydroxyl groups excluding tert-OH is 4. The van der Waals surface area contributed by atoms with Gasteiger partial charge in [0.2, 0.25) is 6.29 Å². The quantitative estimate of drug-likeness (QED) is 0.431. The van der Waals surface area contributed by atoms with Crippen LogP contribution in [0, 0.1) is 0 Å². The van der Waals surface area contributed by atoms with Gasteiger partial charge in [0.15, 0.2) is 0 Å². The van der Waals surface area contributed by atoms with Crippen molar-refractivity contribution in [3.05, 3.63) is 30.0 Å². The van der Waals surface area contributed by atoms with Gasteiger partial charge < -0.3 is 34.9 Å². The van der Waals surface area contributed by atoms with Crippen LogP contribution in [0.1, 0.15) is 33.3 Å². The molecule has 0 radical (unpaired) electrons. The van der Waals surface area contributed by atoms with Crippen LogP contribution in [-0.2, 0) is 11.2 Å². The molecule has 1 fully saturated rings. The Labute approximate surface area is 177 Å². The average molecular weight is 423 g/mol. The minimum absolute atomic E-state index is 0.431. The van der Waals surface area contributed by atoms with Gasteiger partial charge in [-0.3, -0.25) is 4.90 Å². The normalized spacial score (nSPS) is 27.5. The zero-order valence-corrected chi connectivity index (χ0v) is 18.0. The lowest BCUT2D eigenvalue weighted by Gasteiger charge is -2.39. The zero-order valence-electron chi connectivity index (χ0n) is 18.0. The summed E-state index contributed by atoms with van der Waals surface area (Å²) in [6.45, 7) is 9.12. The second kappa shape index (κ2) is 9.64. The number of benzene rings is 1. The second-order valence-electron chi connectivity index (χ2n) is 8.48. The summed E-state index contributed by atoms with van der Waals surface area (Å²) in [5, 5.41) is 40.6. The Balaban J connectivity index is 1.84. The van der Waals surface area contributed by atoms with E-state index in [-0.39, 0.29) is 0 Å². The van der Waals surface area contributed by atoms with E-state index in [9.17, 15) is 20.4 Å². The molecule has 1 aromatic heterocycles. The molecule has 0 saturated carbocycles. The molecule has 1 aliphatic rings. The maximum Gasteiger partial charge on any atom is 0.229 e. The molecule has 5 unspecified atom stereocenters. The van der Waals surface area contributed by atoms with Crippen LogP contribution in [0.25, 0.3) is 10.9 Å². The van der Waals surface area contributed by atoms with Crippen molar-refractivity contribution in [1.82, 2.24) is 9.88 Å². The average Bonchev–Trinajstić information content (AvgIpc) is 3.12. The van der Waals surface area contributed by atoms with Crippen LogP contribution in [0.5, 0.6) is 5.75 Å². The highest BCUT2D eigenvalue weighted by Crippen LogP contribution is 2.32. The summed E-state index contributed by atoms with van der Waals surface area (Å²) in [4.78, 5) is 5.68. The van der Waals surface area contributed by atoms with Crippen molar-refractivity contribution >= 4 is 10.9 Å². The van der Waals surface area contributed by atoms with E-state index in [0.29, 0.717) is 17.8 Å². The fourth-order valence-corrected chi connectivity index (χ4v) is 4.17. The topological polar surface area (TPSA) is 118 Å². The van der Waals surface area contributed by atoms with Crippen LogP contribution in [-0.4, -0.2) is 86.3 Å². The van der Waals surface area contributed by atoms with E-state index >= 15 is 0 Å². The summed E-state index contributed by atoms with van der Waals surface area (Å²) in [5.74, 6) is 0.508. The number of aromatic amines is 1. The molecule has 2 heterocycles.